The standard InChI is InChI=1S/C17H22N4O3/c1-11(2)10-18-17(22)14-7-8-16(21-20-14)19-13-6-5-12(23-3)9-15(13)24-4/h5-9,11H,10H2,1-4H3,(H,18,22)(H,19,21). The fraction of sp³-hybridized carbons (Fsp3) is 0.353. The smallest absolute Gasteiger partial charge is 0.271 e. The number of hydrogen-bond acceptors (Lipinski definition) is 6. The number of methoxy groups -OCH3 is 2. The van der Waals surface area contributed by atoms with E-state index in [1.54, 1.807) is 32.4 Å². The first-order valence-electron chi connectivity index (χ1n) is 7.64. The Morgan fingerprint density at radius 3 is 2.50 bits per heavy atom. The van der Waals surface area contributed by atoms with Gasteiger partial charge in [0, 0.05) is 12.6 Å². The fourth-order valence-electron chi connectivity index (χ4n) is 1.95. The quantitative estimate of drug-likeness (QED) is 0.812. The molecule has 0 saturated carbocycles. The van der Waals surface area contributed by atoms with Gasteiger partial charge in [-0.3, -0.25) is 4.79 Å². The number of carbonyl (C=O) groups is 1. The van der Waals surface area contributed by atoms with E-state index in [2.05, 4.69) is 20.8 Å². The highest BCUT2D eigenvalue weighted by molar-refractivity contribution is 5.92. The van der Waals surface area contributed by atoms with Gasteiger partial charge in [0.25, 0.3) is 5.91 Å². The average Bonchev–Trinajstić information content (AvgIpc) is 2.60. The minimum absolute atomic E-state index is 0.232. The Hall–Kier alpha value is -2.83. The molecule has 0 fully saturated rings. The zero-order chi connectivity index (χ0) is 17.5. The molecular formula is C17H22N4O3. The second kappa shape index (κ2) is 8.14. The molecule has 0 unspecified atom stereocenters. The molecule has 2 N–H and O–H groups in total. The SMILES string of the molecule is COc1ccc(Nc2ccc(C(=O)NCC(C)C)nn2)c(OC)c1. The summed E-state index contributed by atoms with van der Waals surface area (Å²) in [7, 11) is 3.17. The number of amides is 1. The molecule has 0 saturated heterocycles. The number of nitrogens with one attached hydrogen (secondary N) is 2. The highest BCUT2D eigenvalue weighted by atomic mass is 16.5. The molecule has 0 bridgehead atoms. The summed E-state index contributed by atoms with van der Waals surface area (Å²) in [5.41, 5.74) is 1.01. The van der Waals surface area contributed by atoms with Crippen molar-refractivity contribution in [2.24, 2.45) is 5.92 Å². The normalized spacial score (nSPS) is 10.4. The molecule has 1 amide bonds. The zero-order valence-electron chi connectivity index (χ0n) is 14.3. The number of aromatic nitrogens is 2. The summed E-state index contributed by atoms with van der Waals surface area (Å²) in [6, 6.07) is 8.72. The van der Waals surface area contributed by atoms with E-state index < -0.39 is 0 Å². The van der Waals surface area contributed by atoms with Crippen LogP contribution in [0, 0.1) is 5.92 Å². The predicted molar refractivity (Wildman–Crippen MR) is 92.0 cm³/mol. The lowest BCUT2D eigenvalue weighted by Crippen LogP contribution is -2.28. The molecule has 128 valence electrons. The van der Waals surface area contributed by atoms with Gasteiger partial charge in [0.15, 0.2) is 11.5 Å². The van der Waals surface area contributed by atoms with E-state index in [0.29, 0.717) is 29.8 Å². The van der Waals surface area contributed by atoms with Crippen molar-refractivity contribution < 1.29 is 14.3 Å². The van der Waals surface area contributed by atoms with Crippen molar-refractivity contribution in [1.29, 1.82) is 0 Å². The molecule has 7 nitrogen and oxygen atoms in total. The first-order valence-corrected chi connectivity index (χ1v) is 7.64. The number of nitrogens with zero attached hydrogens (tertiary/aromatic N) is 2. The summed E-state index contributed by atoms with van der Waals surface area (Å²) in [6.45, 7) is 4.66. The molecule has 2 aromatic rings. The van der Waals surface area contributed by atoms with E-state index in [1.165, 1.54) is 0 Å². The maximum Gasteiger partial charge on any atom is 0.271 e. The topological polar surface area (TPSA) is 85.4 Å². The van der Waals surface area contributed by atoms with Crippen molar-refractivity contribution in [3.05, 3.63) is 36.0 Å². The van der Waals surface area contributed by atoms with Gasteiger partial charge in [0.05, 0.1) is 19.9 Å². The molecule has 1 aromatic heterocycles. The third-order valence-electron chi connectivity index (χ3n) is 3.24. The summed E-state index contributed by atoms with van der Waals surface area (Å²) in [5, 5.41) is 13.9. The van der Waals surface area contributed by atoms with Crippen LogP contribution in [0.5, 0.6) is 11.5 Å². The summed E-state index contributed by atoms with van der Waals surface area (Å²) >= 11 is 0. The van der Waals surface area contributed by atoms with Crippen molar-refractivity contribution in [3.8, 4) is 11.5 Å². The lowest BCUT2D eigenvalue weighted by molar-refractivity contribution is 0.0943. The first kappa shape index (κ1) is 17.5. The number of anilines is 2. The first-order chi connectivity index (χ1) is 11.5. The van der Waals surface area contributed by atoms with E-state index in [9.17, 15) is 4.79 Å². The van der Waals surface area contributed by atoms with Crippen molar-refractivity contribution in [2.45, 2.75) is 13.8 Å². The van der Waals surface area contributed by atoms with E-state index in [-0.39, 0.29) is 11.6 Å². The summed E-state index contributed by atoms with van der Waals surface area (Å²) < 4.78 is 10.5. The summed E-state index contributed by atoms with van der Waals surface area (Å²) in [4.78, 5) is 11.9. The molecule has 0 aliphatic rings. The highest BCUT2D eigenvalue weighted by Gasteiger charge is 2.10. The van der Waals surface area contributed by atoms with Crippen molar-refractivity contribution in [2.75, 3.05) is 26.1 Å². The molecule has 0 aliphatic carbocycles. The minimum atomic E-state index is -0.232. The van der Waals surface area contributed by atoms with Crippen LogP contribution in [0.4, 0.5) is 11.5 Å². The average molecular weight is 330 g/mol. The predicted octanol–water partition coefficient (Wildman–Crippen LogP) is 2.62. The molecular weight excluding hydrogens is 308 g/mol. The van der Waals surface area contributed by atoms with Gasteiger partial charge in [-0.2, -0.15) is 0 Å². The van der Waals surface area contributed by atoms with Gasteiger partial charge in [0.2, 0.25) is 0 Å². The van der Waals surface area contributed by atoms with Crippen LogP contribution in [0.25, 0.3) is 0 Å². The van der Waals surface area contributed by atoms with E-state index in [0.717, 1.165) is 5.69 Å². The van der Waals surface area contributed by atoms with Gasteiger partial charge in [-0.15, -0.1) is 10.2 Å². The molecule has 1 heterocycles. The van der Waals surface area contributed by atoms with Crippen LogP contribution in [0.3, 0.4) is 0 Å². The molecule has 0 radical (unpaired) electrons. The van der Waals surface area contributed by atoms with Gasteiger partial charge in [-0.1, -0.05) is 13.8 Å². The summed E-state index contributed by atoms with van der Waals surface area (Å²) in [5.74, 6) is 1.98. The Balaban J connectivity index is 2.08. The lowest BCUT2D eigenvalue weighted by atomic mass is 10.2. The van der Waals surface area contributed by atoms with Gasteiger partial charge in [-0.25, -0.2) is 0 Å². The lowest BCUT2D eigenvalue weighted by Gasteiger charge is -2.12. The van der Waals surface area contributed by atoms with Gasteiger partial charge in [-0.05, 0) is 30.2 Å². The van der Waals surface area contributed by atoms with Crippen LogP contribution in [-0.4, -0.2) is 36.9 Å². The van der Waals surface area contributed by atoms with Gasteiger partial charge in [0.1, 0.15) is 11.5 Å². The second-order valence-electron chi connectivity index (χ2n) is 5.60. The van der Waals surface area contributed by atoms with Crippen LogP contribution in [-0.2, 0) is 0 Å². The Kier molecular flexibility index (Phi) is 5.95. The van der Waals surface area contributed by atoms with E-state index in [4.69, 9.17) is 9.47 Å². The second-order valence-corrected chi connectivity index (χ2v) is 5.60. The Morgan fingerprint density at radius 1 is 1.12 bits per heavy atom. The van der Waals surface area contributed by atoms with Crippen LogP contribution in [0.2, 0.25) is 0 Å². The number of hydrogen-bond donors (Lipinski definition) is 2. The largest absolute Gasteiger partial charge is 0.497 e. The zero-order valence-corrected chi connectivity index (χ0v) is 14.3. The molecule has 1 aromatic carbocycles. The maximum absolute atomic E-state index is 11.9. The van der Waals surface area contributed by atoms with Gasteiger partial charge < -0.3 is 20.1 Å². The van der Waals surface area contributed by atoms with Crippen molar-refractivity contribution >= 4 is 17.4 Å². The Labute approximate surface area is 141 Å². The van der Waals surface area contributed by atoms with Gasteiger partial charge >= 0.3 is 0 Å². The highest BCUT2D eigenvalue weighted by Crippen LogP contribution is 2.30. The monoisotopic (exact) mass is 330 g/mol. The van der Waals surface area contributed by atoms with E-state index >= 15 is 0 Å². The molecule has 0 aliphatic heterocycles. The third-order valence-corrected chi connectivity index (χ3v) is 3.24. The van der Waals surface area contributed by atoms with Crippen LogP contribution in [0.1, 0.15) is 24.3 Å². The van der Waals surface area contributed by atoms with E-state index in [1.807, 2.05) is 26.0 Å². The maximum atomic E-state index is 11.9. The Bertz CT molecular complexity index is 687. The van der Waals surface area contributed by atoms with Crippen LogP contribution in [0.15, 0.2) is 30.3 Å². The van der Waals surface area contributed by atoms with Crippen LogP contribution < -0.4 is 20.1 Å². The summed E-state index contributed by atoms with van der Waals surface area (Å²) in [6.07, 6.45) is 0. The molecule has 2 rings (SSSR count). The molecule has 7 heteroatoms. The van der Waals surface area contributed by atoms with Crippen LogP contribution >= 0.6 is 0 Å². The number of ether oxygens (including phenoxy) is 2. The van der Waals surface area contributed by atoms with Crippen molar-refractivity contribution in [3.63, 3.8) is 0 Å². The number of benzene rings is 1. The Morgan fingerprint density at radius 2 is 1.92 bits per heavy atom. The van der Waals surface area contributed by atoms with Crippen molar-refractivity contribution in [1.82, 2.24) is 15.5 Å². The minimum Gasteiger partial charge on any atom is -0.497 e. The number of rotatable bonds is 7. The number of carbonyl (C=O) groups excluding carboxylic acids is 1. The molecule has 24 heavy (non-hydrogen) atoms. The molecule has 0 spiro atoms. The fourth-order valence-corrected chi connectivity index (χ4v) is 1.95. The third kappa shape index (κ3) is 4.58. The molecule has 0 atom stereocenters.